The first-order chi connectivity index (χ1) is 10.1. The minimum atomic E-state index is -3.48. The number of rotatable bonds is 3. The van der Waals surface area contributed by atoms with Crippen LogP contribution in [0.4, 0.5) is 0 Å². The summed E-state index contributed by atoms with van der Waals surface area (Å²) >= 11 is 0. The van der Waals surface area contributed by atoms with Gasteiger partial charge in [-0.3, -0.25) is 4.90 Å². The van der Waals surface area contributed by atoms with Crippen LogP contribution < -0.4 is 0 Å². The van der Waals surface area contributed by atoms with Gasteiger partial charge >= 0.3 is 0 Å². The second kappa shape index (κ2) is 5.73. The molecule has 6 nitrogen and oxygen atoms in total. The monoisotopic (exact) mass is 307 g/mol. The number of morpholine rings is 1. The first-order valence-corrected chi connectivity index (χ1v) is 8.37. The Morgan fingerprint density at radius 1 is 1.24 bits per heavy atom. The van der Waals surface area contributed by atoms with E-state index in [2.05, 4.69) is 4.90 Å². The van der Waals surface area contributed by atoms with Gasteiger partial charge in [-0.15, -0.1) is 0 Å². The Kier molecular flexibility index (Phi) is 3.95. The molecule has 21 heavy (non-hydrogen) atoms. The molecular formula is C14H17N3O3S. The molecule has 0 aromatic heterocycles. The fraction of sp³-hybridized carbons (Fsp3) is 0.500. The zero-order chi connectivity index (χ0) is 14.9. The third kappa shape index (κ3) is 2.80. The molecular weight excluding hydrogens is 290 g/mol. The molecule has 2 fully saturated rings. The molecule has 0 radical (unpaired) electrons. The highest BCUT2D eigenvalue weighted by Gasteiger charge is 2.39. The maximum absolute atomic E-state index is 12.5. The molecule has 2 aliphatic rings. The normalized spacial score (nSPS) is 21.7. The van der Waals surface area contributed by atoms with Crippen molar-refractivity contribution in [2.24, 2.45) is 0 Å². The van der Waals surface area contributed by atoms with Gasteiger partial charge < -0.3 is 4.74 Å². The smallest absolute Gasteiger partial charge is 0.243 e. The van der Waals surface area contributed by atoms with Crippen LogP contribution in [-0.2, 0) is 14.8 Å². The maximum atomic E-state index is 12.5. The number of hydrogen-bond acceptors (Lipinski definition) is 5. The highest BCUT2D eigenvalue weighted by molar-refractivity contribution is 7.89. The van der Waals surface area contributed by atoms with Crippen LogP contribution in [0.1, 0.15) is 5.56 Å². The van der Waals surface area contributed by atoms with Gasteiger partial charge in [-0.2, -0.15) is 9.57 Å². The molecule has 3 rings (SSSR count). The van der Waals surface area contributed by atoms with Crippen molar-refractivity contribution in [2.45, 2.75) is 10.9 Å². The molecule has 0 N–H and O–H groups in total. The Hall–Kier alpha value is -1.46. The number of ether oxygens (including phenoxy) is 1. The van der Waals surface area contributed by atoms with E-state index >= 15 is 0 Å². The van der Waals surface area contributed by atoms with Crippen molar-refractivity contribution >= 4 is 10.0 Å². The van der Waals surface area contributed by atoms with E-state index in [9.17, 15) is 8.42 Å². The Balaban J connectivity index is 1.68. The van der Waals surface area contributed by atoms with E-state index in [1.165, 1.54) is 16.4 Å². The standard InChI is InChI=1S/C14H17N3O3S/c15-9-12-2-1-3-14(8-12)21(18,19)17-10-13(11-17)16-4-6-20-7-5-16/h1-3,8,13H,4-7,10-11H2. The highest BCUT2D eigenvalue weighted by atomic mass is 32.2. The van der Waals surface area contributed by atoms with E-state index in [0.29, 0.717) is 31.9 Å². The van der Waals surface area contributed by atoms with Crippen LogP contribution in [0.15, 0.2) is 29.2 Å². The third-order valence-electron chi connectivity index (χ3n) is 3.99. The summed E-state index contributed by atoms with van der Waals surface area (Å²) in [6, 6.07) is 8.42. The van der Waals surface area contributed by atoms with Gasteiger partial charge in [0.2, 0.25) is 10.0 Å². The summed E-state index contributed by atoms with van der Waals surface area (Å²) < 4.78 is 31.7. The Morgan fingerprint density at radius 2 is 1.95 bits per heavy atom. The molecule has 0 amide bonds. The van der Waals surface area contributed by atoms with Gasteiger partial charge in [0, 0.05) is 32.2 Å². The van der Waals surface area contributed by atoms with Gasteiger partial charge in [0.1, 0.15) is 0 Å². The van der Waals surface area contributed by atoms with Crippen LogP contribution in [-0.4, -0.2) is 63.1 Å². The van der Waals surface area contributed by atoms with E-state index in [1.54, 1.807) is 12.1 Å². The lowest BCUT2D eigenvalue weighted by atomic mass is 10.1. The van der Waals surface area contributed by atoms with Crippen LogP contribution >= 0.6 is 0 Å². The number of nitriles is 1. The second-order valence-electron chi connectivity index (χ2n) is 5.26. The summed E-state index contributed by atoms with van der Waals surface area (Å²) in [5.74, 6) is 0. The minimum Gasteiger partial charge on any atom is -0.379 e. The van der Waals surface area contributed by atoms with Gasteiger partial charge in [-0.25, -0.2) is 8.42 Å². The summed E-state index contributed by atoms with van der Waals surface area (Å²) in [4.78, 5) is 2.48. The van der Waals surface area contributed by atoms with Crippen LogP contribution in [0.2, 0.25) is 0 Å². The summed E-state index contributed by atoms with van der Waals surface area (Å²) in [6.45, 7) is 4.18. The molecule has 1 aromatic rings. The predicted molar refractivity (Wildman–Crippen MR) is 76.1 cm³/mol. The van der Waals surface area contributed by atoms with Gasteiger partial charge in [-0.1, -0.05) is 6.07 Å². The fourth-order valence-electron chi connectivity index (χ4n) is 2.66. The lowest BCUT2D eigenvalue weighted by Gasteiger charge is -2.45. The quantitative estimate of drug-likeness (QED) is 0.801. The van der Waals surface area contributed by atoms with Crippen LogP contribution in [0.25, 0.3) is 0 Å². The third-order valence-corrected chi connectivity index (χ3v) is 5.82. The summed E-state index contributed by atoms with van der Waals surface area (Å²) in [7, 11) is -3.48. The molecule has 0 aliphatic carbocycles. The molecule has 1 aromatic carbocycles. The summed E-state index contributed by atoms with van der Waals surface area (Å²) in [5.41, 5.74) is 0.362. The van der Waals surface area contributed by atoms with Crippen LogP contribution in [0.3, 0.4) is 0 Å². The van der Waals surface area contributed by atoms with Crippen molar-refractivity contribution in [3.63, 3.8) is 0 Å². The summed E-state index contributed by atoms with van der Waals surface area (Å²) in [6.07, 6.45) is 0. The molecule has 0 atom stereocenters. The van der Waals surface area contributed by atoms with Crippen LogP contribution in [0.5, 0.6) is 0 Å². The zero-order valence-corrected chi connectivity index (χ0v) is 12.4. The maximum Gasteiger partial charge on any atom is 0.243 e. The second-order valence-corrected chi connectivity index (χ2v) is 7.20. The molecule has 0 spiro atoms. The minimum absolute atomic E-state index is 0.196. The lowest BCUT2D eigenvalue weighted by Crippen LogP contribution is -2.62. The van der Waals surface area contributed by atoms with E-state index in [1.807, 2.05) is 6.07 Å². The molecule has 2 saturated heterocycles. The van der Waals surface area contributed by atoms with Crippen molar-refractivity contribution in [1.29, 1.82) is 5.26 Å². The summed E-state index contributed by atoms with van der Waals surface area (Å²) in [5, 5.41) is 8.87. The van der Waals surface area contributed by atoms with Crippen molar-refractivity contribution < 1.29 is 13.2 Å². The first kappa shape index (κ1) is 14.5. The zero-order valence-electron chi connectivity index (χ0n) is 11.6. The largest absolute Gasteiger partial charge is 0.379 e. The molecule has 0 saturated carbocycles. The SMILES string of the molecule is N#Cc1cccc(S(=O)(=O)N2CC(N3CCOCC3)C2)c1. The van der Waals surface area contributed by atoms with Crippen molar-refractivity contribution in [1.82, 2.24) is 9.21 Å². The molecule has 0 unspecified atom stereocenters. The Labute approximate surface area is 124 Å². The molecule has 112 valence electrons. The fourth-order valence-corrected chi connectivity index (χ4v) is 4.22. The van der Waals surface area contributed by atoms with Crippen molar-refractivity contribution in [3.05, 3.63) is 29.8 Å². The molecule has 2 aliphatic heterocycles. The number of nitrogens with zero attached hydrogens (tertiary/aromatic N) is 3. The predicted octanol–water partition coefficient (Wildman–Crippen LogP) is 0.263. The Bertz CT molecular complexity index is 656. The molecule has 2 heterocycles. The molecule has 0 bridgehead atoms. The van der Waals surface area contributed by atoms with E-state index < -0.39 is 10.0 Å². The van der Waals surface area contributed by atoms with E-state index in [0.717, 1.165) is 13.1 Å². The van der Waals surface area contributed by atoms with Gasteiger partial charge in [0.25, 0.3) is 0 Å². The topological polar surface area (TPSA) is 73.6 Å². The lowest BCUT2D eigenvalue weighted by molar-refractivity contribution is -0.0116. The van der Waals surface area contributed by atoms with E-state index in [-0.39, 0.29) is 10.9 Å². The van der Waals surface area contributed by atoms with Gasteiger partial charge in [0.15, 0.2) is 0 Å². The number of benzene rings is 1. The van der Waals surface area contributed by atoms with Gasteiger partial charge in [0.05, 0.1) is 29.7 Å². The van der Waals surface area contributed by atoms with E-state index in [4.69, 9.17) is 10.00 Å². The van der Waals surface area contributed by atoms with Gasteiger partial charge in [-0.05, 0) is 18.2 Å². The number of sulfonamides is 1. The Morgan fingerprint density at radius 3 is 2.62 bits per heavy atom. The van der Waals surface area contributed by atoms with Crippen molar-refractivity contribution in [3.8, 4) is 6.07 Å². The van der Waals surface area contributed by atoms with Crippen LogP contribution in [0, 0.1) is 11.3 Å². The molecule has 7 heteroatoms. The number of hydrogen-bond donors (Lipinski definition) is 0. The highest BCUT2D eigenvalue weighted by Crippen LogP contribution is 2.25. The average molecular weight is 307 g/mol. The average Bonchev–Trinajstić information content (AvgIpc) is 2.46. The first-order valence-electron chi connectivity index (χ1n) is 6.93. The van der Waals surface area contributed by atoms with Crippen molar-refractivity contribution in [2.75, 3.05) is 39.4 Å².